The molecule has 0 heterocycles. The maximum absolute atomic E-state index is 12.9. The van der Waals surface area contributed by atoms with Crippen LogP contribution in [0.4, 0.5) is 0 Å². The van der Waals surface area contributed by atoms with Crippen LogP contribution >= 0.6 is 0 Å². The molecule has 0 amide bonds. The molecule has 0 saturated heterocycles. The van der Waals surface area contributed by atoms with Crippen molar-refractivity contribution in [3.8, 4) is 11.5 Å². The molecule has 0 atom stereocenters. The Labute approximate surface area is 159 Å². The second kappa shape index (κ2) is 8.24. The van der Waals surface area contributed by atoms with Gasteiger partial charge in [0.2, 0.25) is 10.0 Å². The van der Waals surface area contributed by atoms with Gasteiger partial charge in [0, 0.05) is 0 Å². The molecule has 1 N–H and O–H groups in total. The van der Waals surface area contributed by atoms with Crippen LogP contribution in [0.5, 0.6) is 11.5 Å². The minimum Gasteiger partial charge on any atom is -0.497 e. The van der Waals surface area contributed by atoms with Crippen molar-refractivity contribution in [3.05, 3.63) is 90.0 Å². The van der Waals surface area contributed by atoms with Gasteiger partial charge in [-0.25, -0.2) is 8.42 Å². The second-order valence-corrected chi connectivity index (χ2v) is 7.63. The third-order valence-electron chi connectivity index (χ3n) is 4.22. The maximum Gasteiger partial charge on any atom is 0.241 e. The van der Waals surface area contributed by atoms with Gasteiger partial charge in [-0.15, -0.1) is 0 Å². The zero-order valence-electron chi connectivity index (χ0n) is 15.1. The summed E-state index contributed by atoms with van der Waals surface area (Å²) >= 11 is 0. The molecule has 5 nitrogen and oxygen atoms in total. The van der Waals surface area contributed by atoms with E-state index in [4.69, 9.17) is 9.47 Å². The normalized spacial score (nSPS) is 11.4. The molecule has 27 heavy (non-hydrogen) atoms. The third-order valence-corrected chi connectivity index (χ3v) is 5.66. The van der Waals surface area contributed by atoms with Crippen LogP contribution in [0, 0.1) is 0 Å². The molecule has 3 aromatic carbocycles. The predicted octanol–water partition coefficient (Wildman–Crippen LogP) is 3.77. The lowest BCUT2D eigenvalue weighted by Crippen LogP contribution is -2.29. The molecule has 0 aliphatic rings. The van der Waals surface area contributed by atoms with Gasteiger partial charge in [-0.3, -0.25) is 0 Å². The van der Waals surface area contributed by atoms with Crippen molar-refractivity contribution in [3.63, 3.8) is 0 Å². The predicted molar refractivity (Wildman–Crippen MR) is 105 cm³/mol. The minimum atomic E-state index is -3.70. The van der Waals surface area contributed by atoms with Crippen molar-refractivity contribution >= 4 is 10.0 Å². The highest BCUT2D eigenvalue weighted by Gasteiger charge is 2.23. The van der Waals surface area contributed by atoms with E-state index in [-0.39, 0.29) is 4.90 Å². The first kappa shape index (κ1) is 18.9. The Bertz CT molecular complexity index is 921. The van der Waals surface area contributed by atoms with E-state index in [1.165, 1.54) is 0 Å². The topological polar surface area (TPSA) is 64.6 Å². The first-order valence-electron chi connectivity index (χ1n) is 8.39. The lowest BCUT2D eigenvalue weighted by Gasteiger charge is -2.20. The monoisotopic (exact) mass is 383 g/mol. The van der Waals surface area contributed by atoms with Crippen molar-refractivity contribution < 1.29 is 17.9 Å². The summed E-state index contributed by atoms with van der Waals surface area (Å²) in [6, 6.07) is 22.4. The molecular weight excluding hydrogens is 362 g/mol. The molecule has 0 aromatic heterocycles. The van der Waals surface area contributed by atoms with Gasteiger partial charge >= 0.3 is 0 Å². The molecule has 3 aromatic rings. The van der Waals surface area contributed by atoms with Crippen molar-refractivity contribution in [2.75, 3.05) is 14.2 Å². The zero-order chi connectivity index (χ0) is 19.3. The van der Waals surface area contributed by atoms with Crippen LogP contribution < -0.4 is 14.2 Å². The van der Waals surface area contributed by atoms with Crippen LogP contribution in [-0.4, -0.2) is 22.6 Å². The Kier molecular flexibility index (Phi) is 5.78. The van der Waals surface area contributed by atoms with Crippen LogP contribution in [-0.2, 0) is 10.0 Å². The summed E-state index contributed by atoms with van der Waals surface area (Å²) in [4.78, 5) is 0.219. The highest BCUT2D eigenvalue weighted by Crippen LogP contribution is 2.27. The van der Waals surface area contributed by atoms with E-state index in [1.807, 2.05) is 48.5 Å². The lowest BCUT2D eigenvalue weighted by atomic mass is 9.99. The molecule has 3 rings (SSSR count). The molecule has 0 radical (unpaired) electrons. The van der Waals surface area contributed by atoms with E-state index in [2.05, 4.69) is 4.72 Å². The van der Waals surface area contributed by atoms with Gasteiger partial charge in [-0.2, -0.15) is 4.72 Å². The van der Waals surface area contributed by atoms with E-state index in [0.717, 1.165) is 11.1 Å². The van der Waals surface area contributed by atoms with Crippen molar-refractivity contribution in [2.24, 2.45) is 0 Å². The lowest BCUT2D eigenvalue weighted by molar-refractivity contribution is 0.414. The number of sulfonamides is 1. The fourth-order valence-electron chi connectivity index (χ4n) is 2.74. The summed E-state index contributed by atoms with van der Waals surface area (Å²) < 4.78 is 39.0. The summed E-state index contributed by atoms with van der Waals surface area (Å²) in [5.74, 6) is 1.41. The molecule has 0 aliphatic carbocycles. The van der Waals surface area contributed by atoms with Gasteiger partial charge in [0.05, 0.1) is 25.2 Å². The Hall–Kier alpha value is -2.83. The average molecular weight is 383 g/mol. The van der Waals surface area contributed by atoms with Crippen LogP contribution in [0.1, 0.15) is 17.2 Å². The molecule has 6 heteroatoms. The van der Waals surface area contributed by atoms with Gasteiger partial charge in [0.25, 0.3) is 0 Å². The van der Waals surface area contributed by atoms with Gasteiger partial charge in [-0.1, -0.05) is 42.5 Å². The standard InChI is InChI=1S/C21H21NO4S/c1-25-18-12-8-16(9-13-18)21(17-10-14-19(26-2)15-11-17)22-27(23,24)20-6-4-3-5-7-20/h3-15,21-22H,1-2H3. The Morgan fingerprint density at radius 1 is 0.704 bits per heavy atom. The fourth-order valence-corrected chi connectivity index (χ4v) is 3.98. The number of methoxy groups -OCH3 is 2. The Balaban J connectivity index is 2.00. The van der Waals surface area contributed by atoms with E-state index < -0.39 is 16.1 Å². The number of nitrogens with one attached hydrogen (secondary N) is 1. The molecule has 0 spiro atoms. The Morgan fingerprint density at radius 3 is 1.56 bits per heavy atom. The van der Waals surface area contributed by atoms with Crippen LogP contribution in [0.25, 0.3) is 0 Å². The SMILES string of the molecule is COc1ccc(C(NS(=O)(=O)c2ccccc2)c2ccc(OC)cc2)cc1. The van der Waals surface area contributed by atoms with Crippen molar-refractivity contribution in [2.45, 2.75) is 10.9 Å². The summed E-state index contributed by atoms with van der Waals surface area (Å²) in [6.07, 6.45) is 0. The largest absolute Gasteiger partial charge is 0.497 e. The van der Waals surface area contributed by atoms with Gasteiger partial charge < -0.3 is 9.47 Å². The summed E-state index contributed by atoms with van der Waals surface area (Å²) in [5.41, 5.74) is 1.61. The molecule has 0 aliphatic heterocycles. The highest BCUT2D eigenvalue weighted by atomic mass is 32.2. The fraction of sp³-hybridized carbons (Fsp3) is 0.143. The highest BCUT2D eigenvalue weighted by molar-refractivity contribution is 7.89. The molecule has 0 bridgehead atoms. The summed E-state index contributed by atoms with van der Waals surface area (Å²) in [6.45, 7) is 0. The molecule has 0 saturated carbocycles. The third kappa shape index (κ3) is 4.48. The van der Waals surface area contributed by atoms with Gasteiger partial charge in [0.15, 0.2) is 0 Å². The summed E-state index contributed by atoms with van der Waals surface area (Å²) in [5, 5.41) is 0. The number of benzene rings is 3. The quantitative estimate of drug-likeness (QED) is 0.674. The maximum atomic E-state index is 12.9. The van der Waals surface area contributed by atoms with Crippen LogP contribution in [0.3, 0.4) is 0 Å². The molecule has 140 valence electrons. The van der Waals surface area contributed by atoms with Crippen LogP contribution in [0.15, 0.2) is 83.8 Å². The number of hydrogen-bond acceptors (Lipinski definition) is 4. The van der Waals surface area contributed by atoms with E-state index >= 15 is 0 Å². The van der Waals surface area contributed by atoms with E-state index in [1.54, 1.807) is 44.6 Å². The minimum absolute atomic E-state index is 0.219. The van der Waals surface area contributed by atoms with E-state index in [9.17, 15) is 8.42 Å². The summed E-state index contributed by atoms with van der Waals surface area (Å²) in [7, 11) is -0.517. The smallest absolute Gasteiger partial charge is 0.241 e. The molecule has 0 fully saturated rings. The second-order valence-electron chi connectivity index (χ2n) is 5.91. The van der Waals surface area contributed by atoms with Crippen molar-refractivity contribution in [1.29, 1.82) is 0 Å². The first-order chi connectivity index (χ1) is 13.0. The van der Waals surface area contributed by atoms with Crippen molar-refractivity contribution in [1.82, 2.24) is 4.72 Å². The van der Waals surface area contributed by atoms with E-state index in [0.29, 0.717) is 11.5 Å². The van der Waals surface area contributed by atoms with Crippen LogP contribution in [0.2, 0.25) is 0 Å². The number of hydrogen-bond donors (Lipinski definition) is 1. The number of ether oxygens (including phenoxy) is 2. The number of rotatable bonds is 7. The Morgan fingerprint density at radius 2 is 1.15 bits per heavy atom. The molecular formula is C21H21NO4S. The zero-order valence-corrected chi connectivity index (χ0v) is 15.9. The molecule has 0 unspecified atom stereocenters. The van der Waals surface area contributed by atoms with Gasteiger partial charge in [-0.05, 0) is 47.5 Å². The van der Waals surface area contributed by atoms with Gasteiger partial charge in [0.1, 0.15) is 11.5 Å². The first-order valence-corrected chi connectivity index (χ1v) is 9.87. The average Bonchev–Trinajstić information content (AvgIpc) is 2.73.